The number of amides is 3. The summed E-state index contributed by atoms with van der Waals surface area (Å²) in [6.45, 7) is 4.73. The number of carbonyl (C=O) groups is 2. The highest BCUT2D eigenvalue weighted by atomic mass is 16.2. The van der Waals surface area contributed by atoms with E-state index in [-0.39, 0.29) is 18.4 Å². The zero-order chi connectivity index (χ0) is 22.6. The first-order valence-electron chi connectivity index (χ1n) is 11.7. The van der Waals surface area contributed by atoms with Crippen LogP contribution >= 0.6 is 0 Å². The summed E-state index contributed by atoms with van der Waals surface area (Å²) in [4.78, 5) is 28.5. The van der Waals surface area contributed by atoms with Gasteiger partial charge in [0, 0.05) is 39.6 Å². The summed E-state index contributed by atoms with van der Waals surface area (Å²) in [6, 6.07) is 18.1. The highest BCUT2D eigenvalue weighted by Crippen LogP contribution is 2.14. The lowest BCUT2D eigenvalue weighted by atomic mass is 10.1. The van der Waals surface area contributed by atoms with Crippen LogP contribution in [0, 0.1) is 0 Å². The van der Waals surface area contributed by atoms with Gasteiger partial charge in [-0.2, -0.15) is 0 Å². The van der Waals surface area contributed by atoms with Crippen molar-refractivity contribution in [2.45, 2.75) is 51.7 Å². The molecule has 0 saturated carbocycles. The Labute approximate surface area is 192 Å². The van der Waals surface area contributed by atoms with Crippen molar-refractivity contribution < 1.29 is 9.59 Å². The molecule has 0 aliphatic carbocycles. The van der Waals surface area contributed by atoms with Gasteiger partial charge in [-0.3, -0.25) is 9.69 Å². The number of urea groups is 1. The third-order valence-corrected chi connectivity index (χ3v) is 5.89. The van der Waals surface area contributed by atoms with Crippen LogP contribution in [0.3, 0.4) is 0 Å². The topological polar surface area (TPSA) is 64.7 Å². The van der Waals surface area contributed by atoms with Crippen molar-refractivity contribution in [2.24, 2.45) is 0 Å². The minimum atomic E-state index is -0.253. The van der Waals surface area contributed by atoms with Gasteiger partial charge in [-0.25, -0.2) is 4.79 Å². The van der Waals surface area contributed by atoms with E-state index in [1.807, 2.05) is 30.3 Å². The predicted molar refractivity (Wildman–Crippen MR) is 128 cm³/mol. The highest BCUT2D eigenvalue weighted by Gasteiger charge is 2.11. The first kappa shape index (κ1) is 23.8. The Morgan fingerprint density at radius 1 is 0.844 bits per heavy atom. The molecule has 32 heavy (non-hydrogen) atoms. The molecular weight excluding hydrogens is 400 g/mol. The van der Waals surface area contributed by atoms with Crippen molar-refractivity contribution >= 4 is 11.9 Å². The number of nitrogens with zero attached hydrogens (tertiary/aromatic N) is 2. The summed E-state index contributed by atoms with van der Waals surface area (Å²) in [5, 5.41) is 5.64. The molecule has 1 saturated heterocycles. The number of hydrogen-bond donors (Lipinski definition) is 2. The normalized spacial score (nSPS) is 14.4. The Morgan fingerprint density at radius 3 is 2.19 bits per heavy atom. The molecule has 1 heterocycles. The minimum absolute atomic E-state index is 0.00847. The van der Waals surface area contributed by atoms with E-state index in [2.05, 4.69) is 39.8 Å². The van der Waals surface area contributed by atoms with E-state index in [1.54, 1.807) is 11.9 Å². The van der Waals surface area contributed by atoms with Crippen LogP contribution in [-0.2, 0) is 24.4 Å². The average Bonchev–Trinajstić information content (AvgIpc) is 3.08. The van der Waals surface area contributed by atoms with Crippen molar-refractivity contribution in [1.29, 1.82) is 0 Å². The largest absolute Gasteiger partial charge is 0.341 e. The molecule has 0 spiro atoms. The highest BCUT2D eigenvalue weighted by molar-refractivity contribution is 5.78. The van der Waals surface area contributed by atoms with Crippen LogP contribution in [0.25, 0.3) is 0 Å². The van der Waals surface area contributed by atoms with Gasteiger partial charge in [-0.1, -0.05) is 67.4 Å². The maximum absolute atomic E-state index is 12.3. The summed E-state index contributed by atoms with van der Waals surface area (Å²) in [5.41, 5.74) is 3.48. The Morgan fingerprint density at radius 2 is 1.50 bits per heavy atom. The van der Waals surface area contributed by atoms with Crippen LogP contribution < -0.4 is 10.6 Å². The SMILES string of the molecule is CN(Cc1ccccc1)C(=O)CCNC(=O)NCc1ccc(CN2CCCCCC2)cc1. The smallest absolute Gasteiger partial charge is 0.315 e. The first-order valence-corrected chi connectivity index (χ1v) is 11.7. The van der Waals surface area contributed by atoms with Gasteiger partial charge in [0.1, 0.15) is 0 Å². The van der Waals surface area contributed by atoms with Crippen LogP contribution in [0.1, 0.15) is 48.8 Å². The van der Waals surface area contributed by atoms with Gasteiger partial charge < -0.3 is 15.5 Å². The number of rotatable bonds is 9. The van der Waals surface area contributed by atoms with Gasteiger partial charge in [0.2, 0.25) is 5.91 Å². The Balaban J connectivity index is 1.31. The van der Waals surface area contributed by atoms with Crippen molar-refractivity contribution in [1.82, 2.24) is 20.4 Å². The molecule has 1 aliphatic rings. The summed E-state index contributed by atoms with van der Waals surface area (Å²) >= 11 is 0. The summed E-state index contributed by atoms with van der Waals surface area (Å²) < 4.78 is 0. The molecule has 6 heteroatoms. The van der Waals surface area contributed by atoms with E-state index in [4.69, 9.17) is 0 Å². The van der Waals surface area contributed by atoms with Gasteiger partial charge in [-0.05, 0) is 42.6 Å². The number of hydrogen-bond acceptors (Lipinski definition) is 3. The van der Waals surface area contributed by atoms with Gasteiger partial charge in [0.05, 0.1) is 0 Å². The second kappa shape index (κ2) is 12.9. The molecule has 3 rings (SSSR count). The summed E-state index contributed by atoms with van der Waals surface area (Å²) in [7, 11) is 1.78. The third kappa shape index (κ3) is 8.35. The van der Waals surface area contributed by atoms with Crippen molar-refractivity contribution in [2.75, 3.05) is 26.7 Å². The van der Waals surface area contributed by atoms with Crippen LogP contribution in [-0.4, -0.2) is 48.4 Å². The first-order chi connectivity index (χ1) is 15.6. The third-order valence-electron chi connectivity index (χ3n) is 5.89. The maximum Gasteiger partial charge on any atom is 0.315 e. The minimum Gasteiger partial charge on any atom is -0.341 e. The molecule has 172 valence electrons. The summed E-state index contributed by atoms with van der Waals surface area (Å²) in [6.07, 6.45) is 5.57. The lowest BCUT2D eigenvalue weighted by Crippen LogP contribution is -2.37. The van der Waals surface area contributed by atoms with E-state index in [0.29, 0.717) is 19.6 Å². The predicted octanol–water partition coefficient (Wildman–Crippen LogP) is 3.91. The molecule has 0 radical (unpaired) electrons. The fraction of sp³-hybridized carbons (Fsp3) is 0.462. The Kier molecular flexibility index (Phi) is 9.57. The zero-order valence-electron chi connectivity index (χ0n) is 19.2. The van der Waals surface area contributed by atoms with Crippen LogP contribution in [0.2, 0.25) is 0 Å². The quantitative estimate of drug-likeness (QED) is 0.626. The second-order valence-corrected chi connectivity index (χ2v) is 8.60. The number of carbonyl (C=O) groups excluding carboxylic acids is 2. The van der Waals surface area contributed by atoms with E-state index >= 15 is 0 Å². The average molecular weight is 437 g/mol. The van der Waals surface area contributed by atoms with E-state index in [9.17, 15) is 9.59 Å². The van der Waals surface area contributed by atoms with Gasteiger partial charge >= 0.3 is 6.03 Å². The Hall–Kier alpha value is -2.86. The molecule has 0 bridgehead atoms. The van der Waals surface area contributed by atoms with Crippen molar-refractivity contribution in [3.8, 4) is 0 Å². The van der Waals surface area contributed by atoms with Crippen molar-refractivity contribution in [3.63, 3.8) is 0 Å². The van der Waals surface area contributed by atoms with Crippen molar-refractivity contribution in [3.05, 3.63) is 71.3 Å². The second-order valence-electron chi connectivity index (χ2n) is 8.60. The molecule has 2 aromatic carbocycles. The molecule has 3 amide bonds. The Bertz CT molecular complexity index is 831. The summed E-state index contributed by atoms with van der Waals surface area (Å²) in [5.74, 6) is 0.00847. The van der Waals surface area contributed by atoms with Gasteiger partial charge in [0.25, 0.3) is 0 Å². The van der Waals surface area contributed by atoms with Gasteiger partial charge in [-0.15, -0.1) is 0 Å². The number of likely N-dealkylation sites (tertiary alicyclic amines) is 1. The standard InChI is InChI=1S/C26H36N4O2/c1-29(20-23-9-5-4-6-10-23)25(31)15-16-27-26(32)28-19-22-11-13-24(14-12-22)21-30-17-7-2-3-8-18-30/h4-6,9-14H,2-3,7-8,15-21H2,1H3,(H2,27,28,32). The molecule has 2 N–H and O–H groups in total. The van der Waals surface area contributed by atoms with Crippen LogP contribution in [0.4, 0.5) is 4.79 Å². The number of benzene rings is 2. The maximum atomic E-state index is 12.3. The molecule has 1 fully saturated rings. The van der Waals surface area contributed by atoms with E-state index in [1.165, 1.54) is 44.3 Å². The molecule has 1 aliphatic heterocycles. The fourth-order valence-electron chi connectivity index (χ4n) is 3.98. The number of nitrogens with one attached hydrogen (secondary N) is 2. The molecular formula is C26H36N4O2. The fourth-order valence-corrected chi connectivity index (χ4v) is 3.98. The van der Waals surface area contributed by atoms with Gasteiger partial charge in [0.15, 0.2) is 0 Å². The molecule has 0 atom stereocenters. The molecule has 6 nitrogen and oxygen atoms in total. The lowest BCUT2D eigenvalue weighted by molar-refractivity contribution is -0.130. The van der Waals surface area contributed by atoms with E-state index < -0.39 is 0 Å². The zero-order valence-corrected chi connectivity index (χ0v) is 19.2. The monoisotopic (exact) mass is 436 g/mol. The van der Waals surface area contributed by atoms with Crippen LogP contribution in [0.5, 0.6) is 0 Å². The van der Waals surface area contributed by atoms with E-state index in [0.717, 1.165) is 17.7 Å². The molecule has 0 unspecified atom stereocenters. The molecule has 2 aromatic rings. The van der Waals surface area contributed by atoms with Crippen LogP contribution in [0.15, 0.2) is 54.6 Å². The molecule has 0 aromatic heterocycles. The lowest BCUT2D eigenvalue weighted by Gasteiger charge is -2.19.